The Bertz CT molecular complexity index is 1110. The Morgan fingerprint density at radius 1 is 1.00 bits per heavy atom. The third-order valence-electron chi connectivity index (χ3n) is 4.90. The van der Waals surface area contributed by atoms with Crippen LogP contribution < -0.4 is 5.32 Å². The molecule has 2 amide bonds. The fraction of sp³-hybridized carbons (Fsp3) is 0.238. The maximum Gasteiger partial charge on any atom is 0.295 e. The van der Waals surface area contributed by atoms with E-state index in [1.807, 2.05) is 0 Å². The topological polar surface area (TPSA) is 80.1 Å². The lowest BCUT2D eigenvalue weighted by Crippen LogP contribution is -2.29. The van der Waals surface area contributed by atoms with Crippen molar-refractivity contribution in [1.82, 2.24) is 19.7 Å². The Labute approximate surface area is 183 Å². The third-order valence-corrected chi connectivity index (χ3v) is 5.38. The fourth-order valence-corrected chi connectivity index (χ4v) is 3.68. The molecule has 2 aromatic carbocycles. The molecule has 1 saturated heterocycles. The van der Waals surface area contributed by atoms with E-state index in [4.69, 9.17) is 23.2 Å². The number of hydrogen-bond donors (Lipinski definition) is 1. The Morgan fingerprint density at radius 3 is 2.37 bits per heavy atom. The maximum atomic E-state index is 12.9. The van der Waals surface area contributed by atoms with Crippen molar-refractivity contribution >= 4 is 40.7 Å². The number of hydrogen-bond acceptors (Lipinski definition) is 4. The van der Waals surface area contributed by atoms with Crippen LogP contribution in [-0.4, -0.2) is 44.6 Å². The van der Waals surface area contributed by atoms with E-state index in [-0.39, 0.29) is 11.7 Å². The predicted molar refractivity (Wildman–Crippen MR) is 116 cm³/mol. The molecule has 9 heteroatoms. The number of carbonyl (C=O) groups is 2. The lowest BCUT2D eigenvalue weighted by atomic mass is 10.1. The van der Waals surface area contributed by atoms with Gasteiger partial charge in [-0.2, -0.15) is 0 Å². The second-order valence-corrected chi connectivity index (χ2v) is 7.89. The molecule has 1 fully saturated rings. The first kappa shape index (κ1) is 20.4. The summed E-state index contributed by atoms with van der Waals surface area (Å²) in [6, 6.07) is 11.9. The summed E-state index contributed by atoms with van der Waals surface area (Å²) in [7, 11) is 0. The van der Waals surface area contributed by atoms with Gasteiger partial charge in [0.2, 0.25) is 5.82 Å². The number of halogens is 2. The zero-order valence-corrected chi connectivity index (χ0v) is 17.7. The van der Waals surface area contributed by atoms with Crippen LogP contribution in [-0.2, 0) is 0 Å². The number of benzene rings is 2. The Morgan fingerprint density at radius 2 is 1.67 bits per heavy atom. The number of likely N-dealkylation sites (tertiary alicyclic amines) is 1. The molecule has 0 aliphatic carbocycles. The van der Waals surface area contributed by atoms with Crippen molar-refractivity contribution in [1.29, 1.82) is 0 Å². The molecule has 154 valence electrons. The van der Waals surface area contributed by atoms with E-state index in [0.717, 1.165) is 18.5 Å². The van der Waals surface area contributed by atoms with Gasteiger partial charge in [-0.05, 0) is 62.2 Å². The van der Waals surface area contributed by atoms with Crippen LogP contribution in [0.25, 0.3) is 5.69 Å². The number of aryl methyl sites for hydroxylation is 1. The van der Waals surface area contributed by atoms with Crippen molar-refractivity contribution < 1.29 is 9.59 Å². The van der Waals surface area contributed by atoms with Crippen molar-refractivity contribution in [3.63, 3.8) is 0 Å². The van der Waals surface area contributed by atoms with Crippen LogP contribution in [0.2, 0.25) is 10.0 Å². The summed E-state index contributed by atoms with van der Waals surface area (Å²) in [4.78, 5) is 31.7. The van der Waals surface area contributed by atoms with E-state index in [1.54, 1.807) is 59.0 Å². The third kappa shape index (κ3) is 4.17. The van der Waals surface area contributed by atoms with Crippen molar-refractivity contribution in [3.05, 3.63) is 69.7 Å². The molecule has 7 nitrogen and oxygen atoms in total. The number of anilines is 1. The van der Waals surface area contributed by atoms with E-state index in [2.05, 4.69) is 15.4 Å². The van der Waals surface area contributed by atoms with Crippen LogP contribution in [0.1, 0.15) is 39.6 Å². The van der Waals surface area contributed by atoms with Crippen molar-refractivity contribution in [2.24, 2.45) is 0 Å². The second-order valence-electron chi connectivity index (χ2n) is 7.01. The molecule has 0 spiro atoms. The van der Waals surface area contributed by atoms with Crippen LogP contribution in [0.4, 0.5) is 5.69 Å². The van der Waals surface area contributed by atoms with Crippen molar-refractivity contribution in [2.45, 2.75) is 19.8 Å². The highest BCUT2D eigenvalue weighted by Gasteiger charge is 2.24. The van der Waals surface area contributed by atoms with Gasteiger partial charge in [0.05, 0.1) is 16.9 Å². The van der Waals surface area contributed by atoms with Gasteiger partial charge in [-0.25, -0.2) is 9.67 Å². The molecule has 30 heavy (non-hydrogen) atoms. The molecular weight excluding hydrogens is 425 g/mol. The molecule has 1 aromatic heterocycles. The maximum absolute atomic E-state index is 12.9. The molecule has 0 unspecified atom stereocenters. The fourth-order valence-electron chi connectivity index (χ4n) is 3.38. The second kappa shape index (κ2) is 8.45. The zero-order valence-electron chi connectivity index (χ0n) is 16.2. The summed E-state index contributed by atoms with van der Waals surface area (Å²) in [6.07, 6.45) is 1.94. The van der Waals surface area contributed by atoms with Gasteiger partial charge in [-0.3, -0.25) is 9.59 Å². The van der Waals surface area contributed by atoms with E-state index >= 15 is 0 Å². The summed E-state index contributed by atoms with van der Waals surface area (Å²) < 4.78 is 1.56. The van der Waals surface area contributed by atoms with Crippen molar-refractivity contribution in [3.8, 4) is 5.69 Å². The highest BCUT2D eigenvalue weighted by Crippen LogP contribution is 2.24. The molecule has 1 aliphatic rings. The SMILES string of the molecule is Cc1nc(C(=O)Nc2ccc(Cl)cc2C(=O)N2CCCC2)nn1-c1ccc(Cl)cc1. The molecular formula is C21H19Cl2N5O2. The summed E-state index contributed by atoms with van der Waals surface area (Å²) in [5.41, 5.74) is 1.47. The molecule has 3 aromatic rings. The largest absolute Gasteiger partial charge is 0.339 e. The summed E-state index contributed by atoms with van der Waals surface area (Å²) >= 11 is 12.0. The molecule has 0 bridgehead atoms. The number of amides is 2. The highest BCUT2D eigenvalue weighted by atomic mass is 35.5. The van der Waals surface area contributed by atoms with Crippen LogP contribution in [0.5, 0.6) is 0 Å². The molecule has 0 saturated carbocycles. The first-order valence-corrected chi connectivity index (χ1v) is 10.3. The van der Waals surface area contributed by atoms with E-state index in [1.165, 1.54) is 0 Å². The van der Waals surface area contributed by atoms with Gasteiger partial charge in [0, 0.05) is 23.1 Å². The Balaban J connectivity index is 1.59. The standard InChI is InChI=1S/C21H19Cl2N5O2/c1-13-24-19(26-28(13)16-7-4-14(22)5-8-16)20(29)25-18-9-6-15(23)12-17(18)21(30)27-10-2-3-11-27/h4-9,12H,2-3,10-11H2,1H3,(H,25,29). The van der Waals surface area contributed by atoms with Crippen LogP contribution in [0.15, 0.2) is 42.5 Å². The number of carbonyl (C=O) groups excluding carboxylic acids is 2. The summed E-state index contributed by atoms with van der Waals surface area (Å²) in [5, 5.41) is 8.09. The van der Waals surface area contributed by atoms with Crippen LogP contribution in [0.3, 0.4) is 0 Å². The molecule has 1 aliphatic heterocycles. The smallest absolute Gasteiger partial charge is 0.295 e. The average Bonchev–Trinajstić information content (AvgIpc) is 3.39. The summed E-state index contributed by atoms with van der Waals surface area (Å²) in [5.74, 6) is -0.117. The van der Waals surface area contributed by atoms with Crippen LogP contribution in [0, 0.1) is 6.92 Å². The van der Waals surface area contributed by atoms with Gasteiger partial charge >= 0.3 is 0 Å². The Kier molecular flexibility index (Phi) is 5.74. The first-order chi connectivity index (χ1) is 14.4. The van der Waals surface area contributed by atoms with E-state index in [0.29, 0.717) is 40.2 Å². The minimum absolute atomic E-state index is 0.00280. The lowest BCUT2D eigenvalue weighted by Gasteiger charge is -2.18. The van der Waals surface area contributed by atoms with Crippen molar-refractivity contribution in [2.75, 3.05) is 18.4 Å². The minimum atomic E-state index is -0.511. The number of aromatic nitrogens is 3. The zero-order chi connectivity index (χ0) is 21.3. The minimum Gasteiger partial charge on any atom is -0.339 e. The lowest BCUT2D eigenvalue weighted by molar-refractivity contribution is 0.0794. The average molecular weight is 444 g/mol. The first-order valence-electron chi connectivity index (χ1n) is 9.52. The van der Waals surface area contributed by atoms with Gasteiger partial charge in [0.15, 0.2) is 0 Å². The quantitative estimate of drug-likeness (QED) is 0.648. The number of rotatable bonds is 4. The normalized spacial score (nSPS) is 13.5. The molecule has 4 rings (SSSR count). The van der Waals surface area contributed by atoms with Crippen LogP contribution >= 0.6 is 23.2 Å². The summed E-state index contributed by atoms with van der Waals surface area (Å²) in [6.45, 7) is 3.15. The highest BCUT2D eigenvalue weighted by molar-refractivity contribution is 6.31. The molecule has 0 atom stereocenters. The molecule has 2 heterocycles. The molecule has 0 radical (unpaired) electrons. The Hall–Kier alpha value is -2.90. The monoisotopic (exact) mass is 443 g/mol. The number of nitrogens with one attached hydrogen (secondary N) is 1. The van der Waals surface area contributed by atoms with E-state index in [9.17, 15) is 9.59 Å². The van der Waals surface area contributed by atoms with E-state index < -0.39 is 5.91 Å². The van der Waals surface area contributed by atoms with Gasteiger partial charge in [-0.1, -0.05) is 23.2 Å². The van der Waals surface area contributed by atoms with Gasteiger partial charge in [-0.15, -0.1) is 5.10 Å². The van der Waals surface area contributed by atoms with Gasteiger partial charge < -0.3 is 10.2 Å². The number of nitrogens with zero attached hydrogens (tertiary/aromatic N) is 4. The van der Waals surface area contributed by atoms with Gasteiger partial charge in [0.25, 0.3) is 11.8 Å². The predicted octanol–water partition coefficient (Wildman–Crippen LogP) is 4.37. The molecule has 1 N–H and O–H groups in total. The van der Waals surface area contributed by atoms with Gasteiger partial charge in [0.1, 0.15) is 5.82 Å².